The van der Waals surface area contributed by atoms with Crippen molar-refractivity contribution in [1.29, 1.82) is 5.26 Å². The van der Waals surface area contributed by atoms with E-state index in [1.54, 1.807) is 35.1 Å². The van der Waals surface area contributed by atoms with Crippen LogP contribution in [0.5, 0.6) is 0 Å². The minimum atomic E-state index is -0.224. The van der Waals surface area contributed by atoms with E-state index >= 15 is 0 Å². The van der Waals surface area contributed by atoms with Crippen molar-refractivity contribution in [2.45, 2.75) is 35.7 Å². The third-order valence-electron chi connectivity index (χ3n) is 5.39. The molecule has 7 nitrogen and oxygen atoms in total. The van der Waals surface area contributed by atoms with Crippen molar-refractivity contribution in [2.24, 2.45) is 5.92 Å². The summed E-state index contributed by atoms with van der Waals surface area (Å²) >= 11 is 1.63. The van der Waals surface area contributed by atoms with Crippen LogP contribution in [-0.4, -0.2) is 44.6 Å². The molecular weight excluding hydrogens is 396 g/mol. The summed E-state index contributed by atoms with van der Waals surface area (Å²) in [5.41, 5.74) is 1.91. The van der Waals surface area contributed by atoms with Crippen LogP contribution >= 0.6 is 11.8 Å². The molecule has 0 bridgehead atoms. The van der Waals surface area contributed by atoms with Gasteiger partial charge in [-0.25, -0.2) is 0 Å². The number of nitrogens with zero attached hydrogens (tertiary/aromatic N) is 4. The van der Waals surface area contributed by atoms with E-state index in [1.807, 2.05) is 50.2 Å². The van der Waals surface area contributed by atoms with Crippen molar-refractivity contribution in [3.8, 4) is 17.5 Å². The smallest absolute Gasteiger partial charge is 0.269 e. The largest absolute Gasteiger partial charge is 0.346 e. The summed E-state index contributed by atoms with van der Waals surface area (Å²) in [7, 11) is 0. The van der Waals surface area contributed by atoms with Crippen LogP contribution in [0, 0.1) is 17.4 Å². The van der Waals surface area contributed by atoms with Crippen LogP contribution in [0.3, 0.4) is 0 Å². The second-order valence-electron chi connectivity index (χ2n) is 7.42. The molecule has 1 aliphatic rings. The molecule has 1 amide bonds. The highest BCUT2D eigenvalue weighted by Gasteiger charge is 2.37. The molecule has 30 heavy (non-hydrogen) atoms. The van der Waals surface area contributed by atoms with Crippen LogP contribution in [0.15, 0.2) is 64.6 Å². The Hall–Kier alpha value is -3.31. The SMILES string of the molecule is CC1CN(C#N)C(C)[C@@H]1NC(=O)c1cc(-c2cnccc2Sc2ccccc2)n[nH]1. The van der Waals surface area contributed by atoms with Gasteiger partial charge in [0.2, 0.25) is 0 Å². The summed E-state index contributed by atoms with van der Waals surface area (Å²) in [6, 6.07) is 13.6. The molecule has 2 N–H and O–H groups in total. The number of nitriles is 1. The van der Waals surface area contributed by atoms with Gasteiger partial charge in [0.1, 0.15) is 5.69 Å². The first-order valence-corrected chi connectivity index (χ1v) is 10.6. The molecule has 8 heteroatoms. The lowest BCUT2D eigenvalue weighted by molar-refractivity contribution is 0.0918. The topological polar surface area (TPSA) is 97.7 Å². The maximum absolute atomic E-state index is 12.8. The number of benzene rings is 1. The van der Waals surface area contributed by atoms with E-state index in [9.17, 15) is 10.1 Å². The molecule has 0 spiro atoms. The minimum Gasteiger partial charge on any atom is -0.346 e. The molecule has 1 saturated heterocycles. The van der Waals surface area contributed by atoms with Crippen LogP contribution in [-0.2, 0) is 0 Å². The van der Waals surface area contributed by atoms with Gasteiger partial charge in [0.15, 0.2) is 6.19 Å². The van der Waals surface area contributed by atoms with E-state index < -0.39 is 0 Å². The monoisotopic (exact) mass is 418 g/mol. The van der Waals surface area contributed by atoms with Gasteiger partial charge >= 0.3 is 0 Å². The van der Waals surface area contributed by atoms with E-state index in [0.29, 0.717) is 17.9 Å². The van der Waals surface area contributed by atoms with Crippen LogP contribution in [0.2, 0.25) is 0 Å². The molecule has 1 aliphatic heterocycles. The van der Waals surface area contributed by atoms with Crippen molar-refractivity contribution in [3.05, 3.63) is 60.6 Å². The molecule has 0 radical (unpaired) electrons. The van der Waals surface area contributed by atoms with Crippen LogP contribution in [0.4, 0.5) is 0 Å². The Morgan fingerprint density at radius 1 is 1.30 bits per heavy atom. The number of pyridine rings is 1. The normalized spacial score (nSPS) is 20.7. The molecule has 3 atom stereocenters. The van der Waals surface area contributed by atoms with Gasteiger partial charge in [-0.1, -0.05) is 36.9 Å². The number of rotatable bonds is 5. The summed E-state index contributed by atoms with van der Waals surface area (Å²) in [4.78, 5) is 20.9. The molecule has 1 aromatic carbocycles. The Labute approximate surface area is 179 Å². The Balaban J connectivity index is 1.52. The number of aromatic amines is 1. The fourth-order valence-corrected chi connectivity index (χ4v) is 4.68. The molecule has 1 fully saturated rings. The molecule has 4 rings (SSSR count). The summed E-state index contributed by atoms with van der Waals surface area (Å²) in [6.45, 7) is 4.64. The van der Waals surface area contributed by atoms with Gasteiger partial charge in [-0.05, 0) is 37.1 Å². The number of aromatic nitrogens is 3. The van der Waals surface area contributed by atoms with Gasteiger partial charge in [0, 0.05) is 34.3 Å². The number of carbonyl (C=O) groups excluding carboxylic acids is 1. The van der Waals surface area contributed by atoms with Gasteiger partial charge in [0.05, 0.1) is 17.8 Å². The summed E-state index contributed by atoms with van der Waals surface area (Å²) < 4.78 is 0. The number of nitrogens with one attached hydrogen (secondary N) is 2. The third-order valence-corrected chi connectivity index (χ3v) is 6.47. The number of hydrogen-bond acceptors (Lipinski definition) is 6. The lowest BCUT2D eigenvalue weighted by Crippen LogP contribution is -2.44. The van der Waals surface area contributed by atoms with Crippen molar-refractivity contribution in [1.82, 2.24) is 25.4 Å². The molecule has 3 aromatic rings. The van der Waals surface area contributed by atoms with E-state index in [0.717, 1.165) is 15.4 Å². The van der Waals surface area contributed by atoms with E-state index in [2.05, 4.69) is 26.7 Å². The molecule has 3 heterocycles. The van der Waals surface area contributed by atoms with E-state index in [4.69, 9.17) is 0 Å². The number of hydrogen-bond donors (Lipinski definition) is 2. The Bertz CT molecular complexity index is 1080. The lowest BCUT2D eigenvalue weighted by atomic mass is 10.0. The highest BCUT2D eigenvalue weighted by Crippen LogP contribution is 2.34. The minimum absolute atomic E-state index is 0.0384. The Morgan fingerprint density at radius 2 is 2.10 bits per heavy atom. The number of H-pyrrole nitrogens is 1. The zero-order valence-corrected chi connectivity index (χ0v) is 17.6. The predicted molar refractivity (Wildman–Crippen MR) is 115 cm³/mol. The van der Waals surface area contributed by atoms with E-state index in [-0.39, 0.29) is 23.9 Å². The number of carbonyl (C=O) groups is 1. The molecule has 152 valence electrons. The standard InChI is InChI=1S/C22H22N6OS/c1-14-12-28(13-23)15(2)21(14)25-22(29)19-10-18(26-27-19)17-11-24-9-8-20(17)30-16-6-4-3-5-7-16/h3-11,14-15,21H,12H2,1-2H3,(H,25,29)(H,26,27)/t14?,15?,21-/m1/s1. The first-order valence-electron chi connectivity index (χ1n) is 9.76. The summed E-state index contributed by atoms with van der Waals surface area (Å²) in [5.74, 6) is -0.0309. The van der Waals surface area contributed by atoms with Crippen molar-refractivity contribution in [3.63, 3.8) is 0 Å². The molecule has 2 unspecified atom stereocenters. The summed E-state index contributed by atoms with van der Waals surface area (Å²) in [6.07, 6.45) is 5.70. The average Bonchev–Trinajstić information content (AvgIpc) is 3.35. The molecule has 2 aromatic heterocycles. The molecular formula is C22H22N6OS. The molecule has 0 saturated carbocycles. The quantitative estimate of drug-likeness (QED) is 0.615. The van der Waals surface area contributed by atoms with Gasteiger partial charge < -0.3 is 10.2 Å². The Kier molecular flexibility index (Phi) is 5.72. The Morgan fingerprint density at radius 3 is 2.83 bits per heavy atom. The van der Waals surface area contributed by atoms with Gasteiger partial charge in [-0.3, -0.25) is 14.9 Å². The van der Waals surface area contributed by atoms with Crippen molar-refractivity contribution >= 4 is 17.7 Å². The van der Waals surface area contributed by atoms with Crippen molar-refractivity contribution in [2.75, 3.05) is 6.54 Å². The summed E-state index contributed by atoms with van der Waals surface area (Å²) in [5, 5.41) is 19.5. The lowest BCUT2D eigenvalue weighted by Gasteiger charge is -2.21. The number of amides is 1. The van der Waals surface area contributed by atoms with Gasteiger partial charge in [0.25, 0.3) is 5.91 Å². The fourth-order valence-electron chi connectivity index (χ4n) is 3.74. The molecule has 0 aliphatic carbocycles. The maximum atomic E-state index is 12.8. The van der Waals surface area contributed by atoms with Crippen LogP contribution in [0.25, 0.3) is 11.3 Å². The first kappa shape index (κ1) is 20.0. The number of likely N-dealkylation sites (tertiary alicyclic amines) is 1. The fraction of sp³-hybridized carbons (Fsp3) is 0.273. The van der Waals surface area contributed by atoms with E-state index in [1.165, 1.54) is 0 Å². The highest BCUT2D eigenvalue weighted by atomic mass is 32.2. The second-order valence-corrected chi connectivity index (χ2v) is 8.54. The van der Waals surface area contributed by atoms with Crippen LogP contribution in [0.1, 0.15) is 24.3 Å². The van der Waals surface area contributed by atoms with Gasteiger partial charge in [-0.2, -0.15) is 10.4 Å². The predicted octanol–water partition coefficient (Wildman–Crippen LogP) is 3.54. The average molecular weight is 419 g/mol. The third kappa shape index (κ3) is 4.02. The zero-order valence-electron chi connectivity index (χ0n) is 16.7. The van der Waals surface area contributed by atoms with Gasteiger partial charge in [-0.15, -0.1) is 0 Å². The van der Waals surface area contributed by atoms with Crippen molar-refractivity contribution < 1.29 is 4.79 Å². The highest BCUT2D eigenvalue weighted by molar-refractivity contribution is 7.99. The van der Waals surface area contributed by atoms with Crippen LogP contribution < -0.4 is 5.32 Å². The second kappa shape index (κ2) is 8.59. The first-order chi connectivity index (χ1) is 14.6. The zero-order chi connectivity index (χ0) is 21.1. The maximum Gasteiger partial charge on any atom is 0.269 e.